The Hall–Kier alpha value is -3.74. The molecule has 0 saturated carbocycles. The van der Waals surface area contributed by atoms with Crippen molar-refractivity contribution in [3.63, 3.8) is 0 Å². The van der Waals surface area contributed by atoms with Crippen molar-refractivity contribution in [2.24, 2.45) is 0 Å². The first-order valence-corrected chi connectivity index (χ1v) is 15.6. The summed E-state index contributed by atoms with van der Waals surface area (Å²) in [5.41, 5.74) is 0.256. The second-order valence-corrected chi connectivity index (χ2v) is 16.3. The first-order chi connectivity index (χ1) is 18.9. The second-order valence-electron chi connectivity index (χ2n) is 12.1. The van der Waals surface area contributed by atoms with E-state index in [1.807, 2.05) is 99.7 Å². The fraction of sp³-hybridized carbons (Fsp3) is 0.294. The lowest BCUT2D eigenvalue weighted by atomic mass is 10.0. The molecule has 6 heteroatoms. The molecular formula is C34H39NO4Si. The first kappa shape index (κ1) is 29.2. The van der Waals surface area contributed by atoms with Crippen LogP contribution in [0.4, 0.5) is 4.79 Å². The molecule has 3 aromatic rings. The van der Waals surface area contributed by atoms with Gasteiger partial charge in [-0.15, -0.1) is 0 Å². The average molecular weight is 554 g/mol. The van der Waals surface area contributed by atoms with Crippen LogP contribution in [0.3, 0.4) is 0 Å². The maximum Gasteiger partial charge on any atom is 0.414 e. The average Bonchev–Trinajstić information content (AvgIpc) is 2.91. The normalized spacial score (nSPS) is 18.2. The van der Waals surface area contributed by atoms with Crippen LogP contribution in [-0.2, 0) is 14.0 Å². The van der Waals surface area contributed by atoms with Gasteiger partial charge in [-0.05, 0) is 41.7 Å². The van der Waals surface area contributed by atoms with Crippen LogP contribution in [0.2, 0.25) is 5.04 Å². The fourth-order valence-corrected chi connectivity index (χ4v) is 9.79. The molecule has 1 amide bonds. The van der Waals surface area contributed by atoms with E-state index >= 15 is 0 Å². The molecule has 0 saturated heterocycles. The van der Waals surface area contributed by atoms with E-state index in [1.54, 1.807) is 0 Å². The number of carbonyl (C=O) groups excluding carboxylic acids is 2. The number of nitrogens with zero attached hydrogens (tertiary/aromatic N) is 1. The Labute approximate surface area is 239 Å². The van der Waals surface area contributed by atoms with E-state index in [1.165, 1.54) is 17.2 Å². The van der Waals surface area contributed by atoms with Crippen molar-refractivity contribution in [3.8, 4) is 0 Å². The van der Waals surface area contributed by atoms with Gasteiger partial charge in [-0.25, -0.2) is 4.79 Å². The van der Waals surface area contributed by atoms with E-state index in [9.17, 15) is 9.59 Å². The summed E-state index contributed by atoms with van der Waals surface area (Å²) in [5.74, 6) is -0.185. The van der Waals surface area contributed by atoms with Gasteiger partial charge in [0.05, 0.1) is 6.04 Å². The molecule has 0 unspecified atom stereocenters. The molecule has 1 aliphatic heterocycles. The van der Waals surface area contributed by atoms with Gasteiger partial charge in [0.15, 0.2) is 5.78 Å². The summed E-state index contributed by atoms with van der Waals surface area (Å²) in [6, 6.07) is 29.5. The molecule has 0 spiro atoms. The first-order valence-electron chi connectivity index (χ1n) is 13.7. The maximum absolute atomic E-state index is 13.7. The van der Waals surface area contributed by atoms with Crippen molar-refractivity contribution in [1.29, 1.82) is 0 Å². The highest BCUT2D eigenvalue weighted by Crippen LogP contribution is 2.39. The molecule has 1 heterocycles. The van der Waals surface area contributed by atoms with E-state index in [4.69, 9.17) is 9.16 Å². The molecule has 208 valence electrons. The van der Waals surface area contributed by atoms with Crippen LogP contribution in [0, 0.1) is 0 Å². The van der Waals surface area contributed by atoms with Crippen molar-refractivity contribution < 1.29 is 18.8 Å². The lowest BCUT2D eigenvalue weighted by molar-refractivity contribution is -0.124. The van der Waals surface area contributed by atoms with Crippen molar-refractivity contribution >= 4 is 36.6 Å². The van der Waals surface area contributed by atoms with Gasteiger partial charge >= 0.3 is 6.09 Å². The molecule has 0 bridgehead atoms. The zero-order valence-corrected chi connectivity index (χ0v) is 25.2. The molecule has 4 rings (SSSR count). The van der Waals surface area contributed by atoms with Gasteiger partial charge in [-0.2, -0.15) is 0 Å². The van der Waals surface area contributed by atoms with Crippen LogP contribution in [0.5, 0.6) is 0 Å². The summed E-state index contributed by atoms with van der Waals surface area (Å²) in [7, 11) is -3.11. The van der Waals surface area contributed by atoms with Crippen molar-refractivity contribution in [3.05, 3.63) is 115 Å². The smallest absolute Gasteiger partial charge is 0.414 e. The number of carbonyl (C=O) groups is 2. The molecular weight excluding hydrogens is 514 g/mol. The standard InChI is InChI=1S/C34H39NO4Si/c1-33(2,3)38-32(37)35-25-24-30(36)31(29(35)23-22-26-16-10-7-11-17-26)39-40(34(4,5)6,27-18-12-8-13-19-27)28-20-14-9-15-21-28/h7-25,29,31H,1-6H3/b23-22+/t29-,31+/m1/s1. The van der Waals surface area contributed by atoms with Gasteiger partial charge in [0.2, 0.25) is 0 Å². The number of ether oxygens (including phenoxy) is 1. The van der Waals surface area contributed by atoms with Crippen molar-refractivity contribution in [2.45, 2.75) is 64.3 Å². The highest BCUT2D eigenvalue weighted by atomic mass is 28.4. The maximum atomic E-state index is 13.7. The predicted octanol–water partition coefficient (Wildman–Crippen LogP) is 6.35. The van der Waals surface area contributed by atoms with Crippen molar-refractivity contribution in [2.75, 3.05) is 0 Å². The van der Waals surface area contributed by atoms with E-state index in [0.29, 0.717) is 0 Å². The molecule has 5 nitrogen and oxygen atoms in total. The van der Waals surface area contributed by atoms with Gasteiger partial charge in [0, 0.05) is 12.3 Å². The van der Waals surface area contributed by atoms with E-state index < -0.39 is 32.2 Å². The summed E-state index contributed by atoms with van der Waals surface area (Å²) in [4.78, 5) is 28.7. The Bertz CT molecular complexity index is 1320. The van der Waals surface area contributed by atoms with Crippen LogP contribution in [0.15, 0.2) is 109 Å². The molecule has 0 aromatic heterocycles. The Kier molecular flexibility index (Phi) is 8.61. The number of rotatable bonds is 6. The Balaban J connectivity index is 1.88. The molecule has 0 fully saturated rings. The van der Waals surface area contributed by atoms with E-state index in [2.05, 4.69) is 45.0 Å². The minimum Gasteiger partial charge on any atom is -0.443 e. The number of benzene rings is 3. The Morgan fingerprint density at radius 1 is 0.800 bits per heavy atom. The molecule has 2 atom stereocenters. The monoisotopic (exact) mass is 553 g/mol. The second kappa shape index (κ2) is 11.8. The third-order valence-electron chi connectivity index (χ3n) is 6.92. The van der Waals surface area contributed by atoms with Gasteiger partial charge in [0.1, 0.15) is 11.7 Å². The molecule has 0 radical (unpaired) electrons. The molecule has 0 aliphatic carbocycles. The van der Waals surface area contributed by atoms with Crippen LogP contribution in [0.1, 0.15) is 47.1 Å². The van der Waals surface area contributed by atoms with Gasteiger partial charge in [0.25, 0.3) is 8.32 Å². The summed E-state index contributed by atoms with van der Waals surface area (Å²) < 4.78 is 13.0. The summed E-state index contributed by atoms with van der Waals surface area (Å²) >= 11 is 0. The number of hydrogen-bond acceptors (Lipinski definition) is 4. The van der Waals surface area contributed by atoms with Gasteiger partial charge < -0.3 is 9.16 Å². The lowest BCUT2D eigenvalue weighted by Gasteiger charge is -2.47. The predicted molar refractivity (Wildman–Crippen MR) is 164 cm³/mol. The number of ketones is 1. The van der Waals surface area contributed by atoms with E-state index in [0.717, 1.165) is 15.9 Å². The fourth-order valence-electron chi connectivity index (χ4n) is 5.14. The highest BCUT2D eigenvalue weighted by molar-refractivity contribution is 6.99. The SMILES string of the molecule is CC(C)(C)OC(=O)N1C=CC(=O)[C@@H](O[Si](c2ccccc2)(c2ccccc2)C(C)(C)C)[C@H]1/C=C/c1ccccc1. The van der Waals surface area contributed by atoms with Crippen molar-refractivity contribution in [1.82, 2.24) is 4.90 Å². The third-order valence-corrected chi connectivity index (χ3v) is 11.9. The minimum atomic E-state index is -3.11. The summed E-state index contributed by atoms with van der Waals surface area (Å²) in [5, 5.41) is 1.78. The van der Waals surface area contributed by atoms with Crippen LogP contribution in [-0.4, -0.2) is 42.8 Å². The molecule has 0 N–H and O–H groups in total. The topological polar surface area (TPSA) is 55.8 Å². The number of amides is 1. The zero-order valence-electron chi connectivity index (χ0n) is 24.2. The number of hydrogen-bond donors (Lipinski definition) is 0. The van der Waals surface area contributed by atoms with Crippen LogP contribution in [0.25, 0.3) is 6.08 Å². The Morgan fingerprint density at radius 3 is 1.77 bits per heavy atom. The lowest BCUT2D eigenvalue weighted by Crippen LogP contribution is -2.70. The zero-order chi connectivity index (χ0) is 29.0. The van der Waals surface area contributed by atoms with Gasteiger partial charge in [-0.1, -0.05) is 124 Å². The molecule has 3 aromatic carbocycles. The van der Waals surface area contributed by atoms with Gasteiger partial charge in [-0.3, -0.25) is 9.69 Å². The molecule has 40 heavy (non-hydrogen) atoms. The summed E-state index contributed by atoms with van der Waals surface area (Å²) in [6.45, 7) is 12.0. The Morgan fingerprint density at radius 2 is 1.30 bits per heavy atom. The minimum absolute atomic E-state index is 0.185. The van der Waals surface area contributed by atoms with E-state index in [-0.39, 0.29) is 10.8 Å². The largest absolute Gasteiger partial charge is 0.443 e. The third kappa shape index (κ3) is 6.35. The molecule has 1 aliphatic rings. The highest BCUT2D eigenvalue weighted by Gasteiger charge is 2.54. The quantitative estimate of drug-likeness (QED) is 0.334. The van der Waals surface area contributed by atoms with Crippen LogP contribution < -0.4 is 10.4 Å². The summed E-state index contributed by atoms with van der Waals surface area (Å²) in [6.07, 6.45) is 5.28. The van der Waals surface area contributed by atoms with Crippen LogP contribution >= 0.6 is 0 Å².